The highest BCUT2D eigenvalue weighted by Crippen LogP contribution is 2.30. The van der Waals surface area contributed by atoms with Crippen molar-refractivity contribution in [2.24, 2.45) is 0 Å². The van der Waals surface area contributed by atoms with Gasteiger partial charge in [0.1, 0.15) is 5.82 Å². The zero-order chi connectivity index (χ0) is 14.9. The smallest absolute Gasteiger partial charge is 0.200 e. The van der Waals surface area contributed by atoms with Gasteiger partial charge in [-0.2, -0.15) is 0 Å². The average Bonchev–Trinajstić information content (AvgIpc) is 2.38. The summed E-state index contributed by atoms with van der Waals surface area (Å²) in [7, 11) is 1.86. The maximum Gasteiger partial charge on any atom is 0.200 e. The van der Waals surface area contributed by atoms with Crippen molar-refractivity contribution in [3.8, 4) is 11.6 Å². The summed E-state index contributed by atoms with van der Waals surface area (Å²) in [6, 6.07) is 0. The van der Waals surface area contributed by atoms with E-state index in [9.17, 15) is 0 Å². The van der Waals surface area contributed by atoms with Gasteiger partial charge in [0.25, 0.3) is 0 Å². The lowest BCUT2D eigenvalue weighted by molar-refractivity contribution is 0.564. The summed E-state index contributed by atoms with van der Waals surface area (Å²) in [5.74, 6) is 1.92. The second-order valence-electron chi connectivity index (χ2n) is 5.64. The molecule has 0 atom stereocenters. The molecule has 0 unspecified atom stereocenters. The maximum absolute atomic E-state index is 4.67. The van der Waals surface area contributed by atoms with E-state index < -0.39 is 0 Å². The Hall–Kier alpha value is -1.31. The lowest BCUT2D eigenvalue weighted by Gasteiger charge is -2.21. The van der Waals surface area contributed by atoms with Gasteiger partial charge < -0.3 is 5.32 Å². The molecule has 0 aliphatic rings. The molecule has 0 aliphatic heterocycles. The van der Waals surface area contributed by atoms with Crippen LogP contribution in [-0.2, 0) is 5.41 Å². The van der Waals surface area contributed by atoms with Crippen LogP contribution in [0.2, 0.25) is 0 Å². The summed E-state index contributed by atoms with van der Waals surface area (Å²) in [4.78, 5) is 17.8. The van der Waals surface area contributed by atoms with Gasteiger partial charge in [-0.15, -0.1) is 0 Å². The number of nitrogens with zero attached hydrogens (tertiary/aromatic N) is 4. The molecule has 2 aromatic rings. The standard InChI is InChI=1S/C14H18IN5/c1-8-6-17-12(18-7-8)13-19-10(14(2,3)4)9(15)11(16-5)20-13/h6-7H,1-5H3,(H,16,19,20). The van der Waals surface area contributed by atoms with E-state index in [4.69, 9.17) is 0 Å². The molecule has 2 heterocycles. The number of aromatic nitrogens is 4. The molecule has 0 radical (unpaired) electrons. The van der Waals surface area contributed by atoms with E-state index in [1.807, 2.05) is 14.0 Å². The Morgan fingerprint density at radius 1 is 1.05 bits per heavy atom. The monoisotopic (exact) mass is 383 g/mol. The first kappa shape index (κ1) is 15.1. The molecule has 0 aliphatic carbocycles. The summed E-state index contributed by atoms with van der Waals surface area (Å²) in [5.41, 5.74) is 1.95. The quantitative estimate of drug-likeness (QED) is 0.808. The molecule has 0 amide bonds. The molecule has 5 nitrogen and oxygen atoms in total. The summed E-state index contributed by atoms with van der Waals surface area (Å²) in [6.45, 7) is 8.36. The second kappa shape index (κ2) is 5.59. The fourth-order valence-electron chi connectivity index (χ4n) is 1.72. The first-order valence-corrected chi connectivity index (χ1v) is 7.45. The van der Waals surface area contributed by atoms with Crippen LogP contribution in [0.5, 0.6) is 0 Å². The van der Waals surface area contributed by atoms with Gasteiger partial charge in [0, 0.05) is 24.9 Å². The zero-order valence-electron chi connectivity index (χ0n) is 12.3. The third-order valence-corrected chi connectivity index (χ3v) is 3.80. The van der Waals surface area contributed by atoms with Crippen LogP contribution >= 0.6 is 22.6 Å². The van der Waals surface area contributed by atoms with E-state index in [-0.39, 0.29) is 5.41 Å². The van der Waals surface area contributed by atoms with E-state index in [1.165, 1.54) is 0 Å². The summed E-state index contributed by atoms with van der Waals surface area (Å²) >= 11 is 2.28. The topological polar surface area (TPSA) is 63.6 Å². The Kier molecular flexibility index (Phi) is 4.22. The van der Waals surface area contributed by atoms with Gasteiger partial charge in [-0.1, -0.05) is 20.8 Å². The molecule has 20 heavy (non-hydrogen) atoms. The summed E-state index contributed by atoms with van der Waals surface area (Å²) in [6.07, 6.45) is 3.55. The van der Waals surface area contributed by atoms with Crippen molar-refractivity contribution in [1.82, 2.24) is 19.9 Å². The zero-order valence-corrected chi connectivity index (χ0v) is 14.5. The van der Waals surface area contributed by atoms with Crippen LogP contribution < -0.4 is 5.32 Å². The van der Waals surface area contributed by atoms with Crippen molar-refractivity contribution in [1.29, 1.82) is 0 Å². The van der Waals surface area contributed by atoms with E-state index in [0.29, 0.717) is 11.6 Å². The predicted octanol–water partition coefficient (Wildman–Crippen LogP) is 3.19. The summed E-state index contributed by atoms with van der Waals surface area (Å²) < 4.78 is 1.04. The first-order chi connectivity index (χ1) is 9.32. The number of aryl methyl sites for hydroxylation is 1. The van der Waals surface area contributed by atoms with E-state index in [2.05, 4.69) is 68.6 Å². The fraction of sp³-hybridized carbons (Fsp3) is 0.429. The van der Waals surface area contributed by atoms with Crippen molar-refractivity contribution in [3.05, 3.63) is 27.2 Å². The Morgan fingerprint density at radius 3 is 2.15 bits per heavy atom. The summed E-state index contributed by atoms with van der Waals surface area (Å²) in [5, 5.41) is 3.12. The van der Waals surface area contributed by atoms with E-state index in [0.717, 1.165) is 20.6 Å². The molecular formula is C14H18IN5. The molecule has 6 heteroatoms. The molecular weight excluding hydrogens is 365 g/mol. The molecule has 0 bridgehead atoms. The molecule has 0 fully saturated rings. The van der Waals surface area contributed by atoms with E-state index >= 15 is 0 Å². The molecule has 0 spiro atoms. The van der Waals surface area contributed by atoms with Crippen LogP contribution in [0.15, 0.2) is 12.4 Å². The van der Waals surface area contributed by atoms with Crippen LogP contribution in [0.25, 0.3) is 11.6 Å². The molecule has 0 aromatic carbocycles. The van der Waals surface area contributed by atoms with Crippen LogP contribution in [-0.4, -0.2) is 27.0 Å². The lowest BCUT2D eigenvalue weighted by atomic mass is 9.92. The highest BCUT2D eigenvalue weighted by atomic mass is 127. The van der Waals surface area contributed by atoms with Gasteiger partial charge in [-0.05, 0) is 35.1 Å². The Balaban J connectivity index is 2.63. The Morgan fingerprint density at radius 2 is 1.65 bits per heavy atom. The van der Waals surface area contributed by atoms with Gasteiger partial charge >= 0.3 is 0 Å². The normalized spacial score (nSPS) is 11.5. The first-order valence-electron chi connectivity index (χ1n) is 6.37. The third-order valence-electron chi connectivity index (χ3n) is 2.78. The van der Waals surface area contributed by atoms with Crippen molar-refractivity contribution in [3.63, 3.8) is 0 Å². The minimum Gasteiger partial charge on any atom is -0.372 e. The van der Waals surface area contributed by atoms with Gasteiger partial charge in [-0.25, -0.2) is 19.9 Å². The lowest BCUT2D eigenvalue weighted by Crippen LogP contribution is -2.18. The van der Waals surface area contributed by atoms with Crippen LogP contribution in [0.3, 0.4) is 0 Å². The Bertz CT molecular complexity index is 617. The average molecular weight is 383 g/mol. The number of halogens is 1. The van der Waals surface area contributed by atoms with Gasteiger partial charge in [0.15, 0.2) is 11.6 Å². The van der Waals surface area contributed by atoms with Crippen molar-refractivity contribution >= 4 is 28.4 Å². The third kappa shape index (κ3) is 3.05. The van der Waals surface area contributed by atoms with Crippen molar-refractivity contribution < 1.29 is 0 Å². The SMILES string of the molecule is CNc1nc(-c2ncc(C)cn2)nc(C(C)(C)C)c1I. The Labute approximate surface area is 132 Å². The number of hydrogen-bond acceptors (Lipinski definition) is 5. The van der Waals surface area contributed by atoms with Gasteiger partial charge in [0.05, 0.1) is 9.26 Å². The number of nitrogens with one attached hydrogen (secondary N) is 1. The molecule has 0 saturated heterocycles. The number of hydrogen-bond donors (Lipinski definition) is 1. The minimum atomic E-state index is -0.0650. The fourth-order valence-corrected chi connectivity index (χ4v) is 3.04. The maximum atomic E-state index is 4.67. The molecule has 2 aromatic heterocycles. The second-order valence-corrected chi connectivity index (χ2v) is 6.72. The predicted molar refractivity (Wildman–Crippen MR) is 88.8 cm³/mol. The molecule has 1 N–H and O–H groups in total. The van der Waals surface area contributed by atoms with Crippen molar-refractivity contribution in [2.45, 2.75) is 33.1 Å². The molecule has 2 rings (SSSR count). The number of anilines is 1. The van der Waals surface area contributed by atoms with Gasteiger partial charge in [-0.3, -0.25) is 0 Å². The van der Waals surface area contributed by atoms with Crippen LogP contribution in [0, 0.1) is 10.5 Å². The van der Waals surface area contributed by atoms with Crippen molar-refractivity contribution in [2.75, 3.05) is 12.4 Å². The van der Waals surface area contributed by atoms with Crippen LogP contribution in [0.1, 0.15) is 32.0 Å². The van der Waals surface area contributed by atoms with Crippen LogP contribution in [0.4, 0.5) is 5.82 Å². The van der Waals surface area contributed by atoms with E-state index in [1.54, 1.807) is 12.4 Å². The highest BCUT2D eigenvalue weighted by molar-refractivity contribution is 14.1. The minimum absolute atomic E-state index is 0.0650. The number of rotatable bonds is 2. The largest absolute Gasteiger partial charge is 0.372 e. The van der Waals surface area contributed by atoms with Gasteiger partial charge in [0.2, 0.25) is 0 Å². The molecule has 0 saturated carbocycles. The highest BCUT2D eigenvalue weighted by Gasteiger charge is 2.23. The molecule has 106 valence electrons.